The van der Waals surface area contributed by atoms with E-state index in [0.717, 1.165) is 34.4 Å². The van der Waals surface area contributed by atoms with Crippen LogP contribution in [-0.2, 0) is 17.8 Å². The summed E-state index contributed by atoms with van der Waals surface area (Å²) in [7, 11) is 0. The molecule has 0 radical (unpaired) electrons. The number of hydrogen-bond donors (Lipinski definition) is 5. The lowest BCUT2D eigenvalue weighted by atomic mass is 10.2. The number of nitrogens with one attached hydrogen (secondary N) is 4. The van der Waals surface area contributed by atoms with E-state index in [-0.39, 0.29) is 11.4 Å². The molecule has 190 valence electrons. The maximum absolute atomic E-state index is 13.1. The minimum Gasteiger partial charge on any atom is -0.479 e. The highest BCUT2D eigenvalue weighted by Crippen LogP contribution is 2.30. The zero-order chi connectivity index (χ0) is 26.1. The first-order valence-corrected chi connectivity index (χ1v) is 12.6. The van der Waals surface area contributed by atoms with Gasteiger partial charge in [-0.1, -0.05) is 11.6 Å². The van der Waals surface area contributed by atoms with Crippen LogP contribution in [0.2, 0.25) is 5.02 Å². The highest BCUT2D eigenvalue weighted by Gasteiger charge is 2.21. The van der Waals surface area contributed by atoms with E-state index < -0.39 is 23.9 Å². The summed E-state index contributed by atoms with van der Waals surface area (Å²) in [6.07, 6.45) is -0.368. The lowest BCUT2D eigenvalue weighted by Gasteiger charge is -2.15. The molecule has 1 aliphatic heterocycles. The normalized spacial score (nSPS) is 13.6. The SMILES string of the molecule is CC(Oc1ccc(NC(=O)c2cc3cc(Cl)ccc3[nH]2)c(NC(=O)c2nc3c(s2)CNCC3)c1)C(=O)O. The summed E-state index contributed by atoms with van der Waals surface area (Å²) in [5, 5.41) is 19.6. The summed E-state index contributed by atoms with van der Waals surface area (Å²) >= 11 is 7.35. The van der Waals surface area contributed by atoms with Gasteiger partial charge < -0.3 is 30.8 Å². The number of ether oxygens (including phenoxy) is 1. The second-order valence-corrected chi connectivity index (χ2v) is 9.96. The zero-order valence-electron chi connectivity index (χ0n) is 19.6. The molecule has 0 spiro atoms. The molecule has 4 aromatic rings. The molecule has 2 aromatic carbocycles. The molecule has 1 unspecified atom stereocenters. The molecule has 0 bridgehead atoms. The number of hydrogen-bond acceptors (Lipinski definition) is 7. The number of benzene rings is 2. The first kappa shape index (κ1) is 24.8. The second kappa shape index (κ2) is 10.2. The molecule has 5 rings (SSSR count). The van der Waals surface area contributed by atoms with Gasteiger partial charge in [-0.3, -0.25) is 9.59 Å². The summed E-state index contributed by atoms with van der Waals surface area (Å²) in [6, 6.07) is 11.4. The van der Waals surface area contributed by atoms with Crippen molar-refractivity contribution in [2.75, 3.05) is 17.2 Å². The summed E-state index contributed by atoms with van der Waals surface area (Å²) in [5.41, 5.74) is 2.48. The molecule has 5 N–H and O–H groups in total. The Morgan fingerprint density at radius 1 is 1.11 bits per heavy atom. The minimum absolute atomic E-state index is 0.214. The molecule has 0 saturated carbocycles. The molecule has 12 heteroatoms. The van der Waals surface area contributed by atoms with Crippen LogP contribution in [0, 0.1) is 0 Å². The summed E-state index contributed by atoms with van der Waals surface area (Å²) in [5.74, 6) is -1.81. The maximum atomic E-state index is 13.1. The number of aromatic nitrogens is 2. The van der Waals surface area contributed by atoms with Crippen molar-refractivity contribution in [1.82, 2.24) is 15.3 Å². The van der Waals surface area contributed by atoms with Crippen molar-refractivity contribution in [2.24, 2.45) is 0 Å². The van der Waals surface area contributed by atoms with Gasteiger partial charge in [-0.15, -0.1) is 11.3 Å². The first-order valence-electron chi connectivity index (χ1n) is 11.4. The van der Waals surface area contributed by atoms with Crippen molar-refractivity contribution in [2.45, 2.75) is 26.0 Å². The third kappa shape index (κ3) is 5.43. The monoisotopic (exact) mass is 539 g/mol. The number of aliphatic carboxylic acids is 1. The maximum Gasteiger partial charge on any atom is 0.344 e. The van der Waals surface area contributed by atoms with E-state index in [2.05, 4.69) is 25.9 Å². The number of amides is 2. The molecule has 0 saturated heterocycles. The largest absolute Gasteiger partial charge is 0.479 e. The molecule has 1 atom stereocenters. The van der Waals surface area contributed by atoms with Crippen molar-refractivity contribution in [1.29, 1.82) is 0 Å². The molecule has 2 amide bonds. The van der Waals surface area contributed by atoms with Crippen LogP contribution in [0.4, 0.5) is 11.4 Å². The van der Waals surface area contributed by atoms with Crippen LogP contribution in [0.5, 0.6) is 5.75 Å². The topological polar surface area (TPSA) is 145 Å². The van der Waals surface area contributed by atoms with E-state index in [0.29, 0.717) is 28.0 Å². The van der Waals surface area contributed by atoms with Crippen molar-refractivity contribution >= 4 is 63.0 Å². The van der Waals surface area contributed by atoms with Gasteiger partial charge in [0.2, 0.25) is 0 Å². The Morgan fingerprint density at radius 3 is 2.70 bits per heavy atom. The fraction of sp³-hybridized carbons (Fsp3) is 0.200. The van der Waals surface area contributed by atoms with Crippen LogP contribution >= 0.6 is 22.9 Å². The smallest absolute Gasteiger partial charge is 0.344 e. The molecule has 3 heterocycles. The molecular formula is C25H22ClN5O5S. The van der Waals surface area contributed by atoms with E-state index in [1.54, 1.807) is 24.3 Å². The average Bonchev–Trinajstić information content (AvgIpc) is 3.49. The van der Waals surface area contributed by atoms with Crippen LogP contribution in [0.25, 0.3) is 10.9 Å². The summed E-state index contributed by atoms with van der Waals surface area (Å²) in [6.45, 7) is 2.86. The van der Waals surface area contributed by atoms with Gasteiger partial charge in [0.15, 0.2) is 11.1 Å². The number of nitrogens with zero attached hydrogens (tertiary/aromatic N) is 1. The van der Waals surface area contributed by atoms with Gasteiger partial charge >= 0.3 is 5.97 Å². The Labute approximate surface area is 220 Å². The second-order valence-electron chi connectivity index (χ2n) is 8.44. The molecule has 0 fully saturated rings. The third-order valence-electron chi connectivity index (χ3n) is 5.77. The van der Waals surface area contributed by atoms with Crippen LogP contribution in [0.15, 0.2) is 42.5 Å². The van der Waals surface area contributed by atoms with Gasteiger partial charge in [-0.25, -0.2) is 9.78 Å². The quantitative estimate of drug-likeness (QED) is 0.235. The number of thiazole rings is 1. The predicted molar refractivity (Wildman–Crippen MR) is 141 cm³/mol. The number of halogens is 1. The number of fused-ring (bicyclic) bond motifs is 2. The molecular weight excluding hydrogens is 518 g/mol. The third-order valence-corrected chi connectivity index (χ3v) is 7.10. The standard InChI is InChI=1S/C25H22ClN5O5S/c1-12(25(34)35)36-15-3-5-17(29-22(32)20-9-13-8-14(26)2-4-16(13)28-20)19(10-15)30-23(33)24-31-18-6-7-27-11-21(18)37-24/h2-5,8-10,12,27-28H,6-7,11H2,1H3,(H,29,32)(H,30,33)(H,34,35). The highest BCUT2D eigenvalue weighted by molar-refractivity contribution is 7.13. The Kier molecular flexibility index (Phi) is 6.83. The Morgan fingerprint density at radius 2 is 1.92 bits per heavy atom. The first-order chi connectivity index (χ1) is 17.8. The average molecular weight is 540 g/mol. The number of carboxylic acids is 1. The van der Waals surface area contributed by atoms with Gasteiger partial charge in [0.25, 0.3) is 11.8 Å². The summed E-state index contributed by atoms with van der Waals surface area (Å²) < 4.78 is 5.46. The predicted octanol–water partition coefficient (Wildman–Crippen LogP) is 4.28. The molecule has 2 aromatic heterocycles. The number of aromatic amines is 1. The van der Waals surface area contributed by atoms with Gasteiger partial charge in [-0.05, 0) is 43.3 Å². The lowest BCUT2D eigenvalue weighted by Crippen LogP contribution is -2.23. The zero-order valence-corrected chi connectivity index (χ0v) is 21.1. The Hall–Kier alpha value is -3.93. The van der Waals surface area contributed by atoms with Crippen LogP contribution in [-0.4, -0.2) is 45.5 Å². The number of rotatable bonds is 7. The minimum atomic E-state index is -1.14. The fourth-order valence-electron chi connectivity index (χ4n) is 3.88. The molecule has 37 heavy (non-hydrogen) atoms. The van der Waals surface area contributed by atoms with E-state index in [1.165, 1.54) is 36.5 Å². The van der Waals surface area contributed by atoms with Gasteiger partial charge in [0, 0.05) is 46.4 Å². The van der Waals surface area contributed by atoms with E-state index in [9.17, 15) is 19.5 Å². The highest BCUT2D eigenvalue weighted by atomic mass is 35.5. The fourth-order valence-corrected chi connectivity index (χ4v) is 5.03. The molecule has 0 aliphatic carbocycles. The number of anilines is 2. The number of carbonyl (C=O) groups is 3. The van der Waals surface area contributed by atoms with Crippen LogP contribution in [0.3, 0.4) is 0 Å². The van der Waals surface area contributed by atoms with Crippen LogP contribution in [0.1, 0.15) is 37.8 Å². The number of carboxylic acid groups (broad SMARTS) is 1. The van der Waals surface area contributed by atoms with Crippen molar-refractivity contribution in [3.8, 4) is 5.75 Å². The van der Waals surface area contributed by atoms with E-state index in [4.69, 9.17) is 16.3 Å². The lowest BCUT2D eigenvalue weighted by molar-refractivity contribution is -0.144. The van der Waals surface area contributed by atoms with Gasteiger partial charge in [0.1, 0.15) is 11.4 Å². The Bertz CT molecular complexity index is 1510. The Balaban J connectivity index is 1.42. The van der Waals surface area contributed by atoms with Gasteiger partial charge in [0.05, 0.1) is 17.1 Å². The van der Waals surface area contributed by atoms with E-state index >= 15 is 0 Å². The van der Waals surface area contributed by atoms with Crippen LogP contribution < -0.4 is 20.7 Å². The van der Waals surface area contributed by atoms with Crippen molar-refractivity contribution in [3.63, 3.8) is 0 Å². The van der Waals surface area contributed by atoms with Crippen molar-refractivity contribution < 1.29 is 24.2 Å². The van der Waals surface area contributed by atoms with E-state index in [1.807, 2.05) is 0 Å². The molecule has 1 aliphatic rings. The van der Waals surface area contributed by atoms with Gasteiger partial charge in [-0.2, -0.15) is 0 Å². The molecule has 10 nitrogen and oxygen atoms in total. The number of H-pyrrole nitrogens is 1. The number of carbonyl (C=O) groups excluding carboxylic acids is 2. The van der Waals surface area contributed by atoms with Crippen molar-refractivity contribution in [3.05, 3.63) is 68.8 Å². The summed E-state index contributed by atoms with van der Waals surface area (Å²) in [4.78, 5) is 45.9.